The SMILES string of the molecule is CN(c1ccc([N+](=O)[O-])nc1)C1CCC(N)CC1. The smallest absolute Gasteiger partial charge is 0.363 e. The van der Waals surface area contributed by atoms with Gasteiger partial charge in [0.25, 0.3) is 0 Å². The summed E-state index contributed by atoms with van der Waals surface area (Å²) in [5, 5.41) is 10.5. The van der Waals surface area contributed by atoms with Crippen LogP contribution in [0, 0.1) is 10.1 Å². The van der Waals surface area contributed by atoms with E-state index in [9.17, 15) is 10.1 Å². The predicted molar refractivity (Wildman–Crippen MR) is 69.5 cm³/mol. The Labute approximate surface area is 106 Å². The van der Waals surface area contributed by atoms with E-state index in [1.54, 1.807) is 12.3 Å². The number of rotatable bonds is 3. The number of nitrogens with zero attached hydrogens (tertiary/aromatic N) is 3. The molecule has 6 heteroatoms. The summed E-state index contributed by atoms with van der Waals surface area (Å²) in [5.41, 5.74) is 6.80. The van der Waals surface area contributed by atoms with Crippen molar-refractivity contribution in [2.75, 3.05) is 11.9 Å². The minimum atomic E-state index is -0.483. The number of nitro groups is 1. The molecule has 1 saturated carbocycles. The van der Waals surface area contributed by atoms with Gasteiger partial charge in [0.1, 0.15) is 0 Å². The van der Waals surface area contributed by atoms with Gasteiger partial charge in [-0.15, -0.1) is 0 Å². The zero-order chi connectivity index (χ0) is 13.1. The zero-order valence-electron chi connectivity index (χ0n) is 10.5. The van der Waals surface area contributed by atoms with Crippen molar-refractivity contribution in [1.29, 1.82) is 0 Å². The van der Waals surface area contributed by atoms with E-state index in [1.807, 2.05) is 7.05 Å². The van der Waals surface area contributed by atoms with Crippen LogP contribution >= 0.6 is 0 Å². The lowest BCUT2D eigenvalue weighted by atomic mass is 9.91. The molecular formula is C12H18N4O2. The minimum absolute atomic E-state index is 0.113. The Bertz CT molecular complexity index is 413. The lowest BCUT2D eigenvalue weighted by Gasteiger charge is -2.34. The van der Waals surface area contributed by atoms with Crippen molar-refractivity contribution < 1.29 is 4.92 Å². The normalized spacial score (nSPS) is 23.7. The highest BCUT2D eigenvalue weighted by atomic mass is 16.6. The molecular weight excluding hydrogens is 232 g/mol. The number of hydrogen-bond acceptors (Lipinski definition) is 5. The van der Waals surface area contributed by atoms with Gasteiger partial charge >= 0.3 is 5.82 Å². The van der Waals surface area contributed by atoms with E-state index in [1.165, 1.54) is 6.07 Å². The first-order chi connectivity index (χ1) is 8.58. The van der Waals surface area contributed by atoms with Crippen LogP contribution in [0.5, 0.6) is 0 Å². The highest BCUT2D eigenvalue weighted by Gasteiger charge is 2.23. The van der Waals surface area contributed by atoms with E-state index in [-0.39, 0.29) is 5.82 Å². The summed E-state index contributed by atoms with van der Waals surface area (Å²) in [5.74, 6) is -0.113. The summed E-state index contributed by atoms with van der Waals surface area (Å²) in [6, 6.07) is 3.97. The molecule has 0 atom stereocenters. The fourth-order valence-corrected chi connectivity index (χ4v) is 2.39. The van der Waals surface area contributed by atoms with Crippen molar-refractivity contribution in [3.05, 3.63) is 28.4 Å². The molecule has 18 heavy (non-hydrogen) atoms. The van der Waals surface area contributed by atoms with Gasteiger partial charge in [0.15, 0.2) is 6.20 Å². The van der Waals surface area contributed by atoms with Crippen LogP contribution in [-0.4, -0.2) is 29.0 Å². The van der Waals surface area contributed by atoms with Crippen molar-refractivity contribution in [3.8, 4) is 0 Å². The molecule has 98 valence electrons. The molecule has 1 aromatic heterocycles. The Balaban J connectivity index is 2.04. The molecule has 6 nitrogen and oxygen atoms in total. The second kappa shape index (κ2) is 5.30. The van der Waals surface area contributed by atoms with Crippen molar-refractivity contribution in [2.24, 2.45) is 5.73 Å². The first-order valence-electron chi connectivity index (χ1n) is 6.17. The number of nitrogens with two attached hydrogens (primary N) is 1. The summed E-state index contributed by atoms with van der Waals surface area (Å²) < 4.78 is 0. The standard InChI is InChI=1S/C12H18N4O2/c1-15(10-4-2-9(13)3-5-10)11-6-7-12(14-8-11)16(17)18/h6-10H,2-5,13H2,1H3. The molecule has 1 aliphatic rings. The number of aromatic nitrogens is 1. The molecule has 0 aliphatic heterocycles. The van der Waals surface area contributed by atoms with E-state index < -0.39 is 4.92 Å². The number of pyridine rings is 1. The molecule has 1 aromatic rings. The van der Waals surface area contributed by atoms with Crippen molar-refractivity contribution >= 4 is 11.5 Å². The Morgan fingerprint density at radius 2 is 2.06 bits per heavy atom. The van der Waals surface area contributed by atoms with Crippen LogP contribution in [0.1, 0.15) is 25.7 Å². The molecule has 1 aliphatic carbocycles. The monoisotopic (exact) mass is 250 g/mol. The third kappa shape index (κ3) is 2.76. The Morgan fingerprint density at radius 1 is 1.39 bits per heavy atom. The van der Waals surface area contributed by atoms with Crippen LogP contribution < -0.4 is 10.6 Å². The maximum Gasteiger partial charge on any atom is 0.363 e. The molecule has 1 heterocycles. The number of hydrogen-bond donors (Lipinski definition) is 1. The van der Waals surface area contributed by atoms with Gasteiger partial charge in [-0.1, -0.05) is 0 Å². The van der Waals surface area contributed by atoms with Gasteiger partial charge in [-0.2, -0.15) is 0 Å². The molecule has 0 bridgehead atoms. The summed E-state index contributed by atoms with van der Waals surface area (Å²) >= 11 is 0. The molecule has 2 N–H and O–H groups in total. The van der Waals surface area contributed by atoms with Gasteiger partial charge in [-0.3, -0.25) is 0 Å². The second-order valence-electron chi connectivity index (χ2n) is 4.81. The van der Waals surface area contributed by atoms with Crippen molar-refractivity contribution in [3.63, 3.8) is 0 Å². The van der Waals surface area contributed by atoms with Gasteiger partial charge in [0, 0.05) is 25.2 Å². The van der Waals surface area contributed by atoms with Gasteiger partial charge in [-0.05, 0) is 41.7 Å². The average molecular weight is 250 g/mol. The Hall–Kier alpha value is -1.69. The van der Waals surface area contributed by atoms with Gasteiger partial charge < -0.3 is 20.7 Å². The fourth-order valence-electron chi connectivity index (χ4n) is 2.39. The Morgan fingerprint density at radius 3 is 2.56 bits per heavy atom. The molecule has 0 saturated heterocycles. The summed E-state index contributed by atoms with van der Waals surface area (Å²) in [6.45, 7) is 0. The van der Waals surface area contributed by atoms with Crippen LogP contribution in [0.2, 0.25) is 0 Å². The summed E-state index contributed by atoms with van der Waals surface area (Å²) in [7, 11) is 2.00. The molecule has 0 spiro atoms. The van der Waals surface area contributed by atoms with Crippen molar-refractivity contribution in [1.82, 2.24) is 4.98 Å². The maximum atomic E-state index is 10.5. The maximum absolute atomic E-state index is 10.5. The van der Waals surface area contributed by atoms with Crippen LogP contribution in [0.15, 0.2) is 18.3 Å². The summed E-state index contributed by atoms with van der Waals surface area (Å²) in [6.07, 6.45) is 5.76. The molecule has 0 aromatic carbocycles. The number of anilines is 1. The second-order valence-corrected chi connectivity index (χ2v) is 4.81. The quantitative estimate of drug-likeness (QED) is 0.651. The van der Waals surface area contributed by atoms with Crippen LogP contribution in [0.3, 0.4) is 0 Å². The first-order valence-corrected chi connectivity index (χ1v) is 6.17. The first kappa shape index (κ1) is 12.8. The molecule has 0 radical (unpaired) electrons. The van der Waals surface area contributed by atoms with Crippen molar-refractivity contribution in [2.45, 2.75) is 37.8 Å². The Kier molecular flexibility index (Phi) is 3.76. The lowest BCUT2D eigenvalue weighted by molar-refractivity contribution is -0.389. The van der Waals surface area contributed by atoms with E-state index in [2.05, 4.69) is 9.88 Å². The van der Waals surface area contributed by atoms with Gasteiger partial charge in [0.05, 0.1) is 5.69 Å². The van der Waals surface area contributed by atoms with E-state index in [0.717, 1.165) is 31.4 Å². The van der Waals surface area contributed by atoms with Gasteiger partial charge in [0.2, 0.25) is 0 Å². The van der Waals surface area contributed by atoms with Crippen LogP contribution in [0.25, 0.3) is 0 Å². The average Bonchev–Trinajstić information content (AvgIpc) is 2.39. The summed E-state index contributed by atoms with van der Waals surface area (Å²) in [4.78, 5) is 16.0. The molecule has 1 fully saturated rings. The van der Waals surface area contributed by atoms with E-state index in [0.29, 0.717) is 12.1 Å². The highest BCUT2D eigenvalue weighted by Crippen LogP contribution is 2.25. The highest BCUT2D eigenvalue weighted by molar-refractivity contribution is 5.46. The molecule has 0 amide bonds. The lowest BCUT2D eigenvalue weighted by Crippen LogP contribution is -2.38. The third-order valence-corrected chi connectivity index (χ3v) is 3.62. The topological polar surface area (TPSA) is 85.3 Å². The predicted octanol–water partition coefficient (Wildman–Crippen LogP) is 1.70. The molecule has 2 rings (SSSR count). The van der Waals surface area contributed by atoms with Crippen LogP contribution in [-0.2, 0) is 0 Å². The third-order valence-electron chi connectivity index (χ3n) is 3.62. The fraction of sp³-hybridized carbons (Fsp3) is 0.583. The van der Waals surface area contributed by atoms with E-state index >= 15 is 0 Å². The van der Waals surface area contributed by atoms with Gasteiger partial charge in [-0.25, -0.2) is 0 Å². The largest absolute Gasteiger partial charge is 0.369 e. The molecule has 0 unspecified atom stereocenters. The van der Waals surface area contributed by atoms with E-state index in [4.69, 9.17) is 5.73 Å². The van der Waals surface area contributed by atoms with Crippen LogP contribution in [0.4, 0.5) is 11.5 Å². The minimum Gasteiger partial charge on any atom is -0.369 e. The zero-order valence-corrected chi connectivity index (χ0v) is 10.5.